The number of aliphatic hydroxyl groups is 1. The van der Waals surface area contributed by atoms with Crippen LogP contribution in [0.15, 0.2) is 63.1 Å². The molecule has 0 saturated heterocycles. The number of aromatic amines is 1. The van der Waals surface area contributed by atoms with Gasteiger partial charge in [-0.25, -0.2) is 22.0 Å². The van der Waals surface area contributed by atoms with Crippen LogP contribution in [0.3, 0.4) is 0 Å². The van der Waals surface area contributed by atoms with Crippen LogP contribution in [0.5, 0.6) is 0 Å². The van der Waals surface area contributed by atoms with Gasteiger partial charge in [0.25, 0.3) is 11.5 Å². The number of carbonyl (C=O) groups excluding carboxylic acids is 1. The van der Waals surface area contributed by atoms with Crippen molar-refractivity contribution in [2.45, 2.75) is 48.0 Å². The van der Waals surface area contributed by atoms with Gasteiger partial charge >= 0.3 is 5.69 Å². The summed E-state index contributed by atoms with van der Waals surface area (Å²) >= 11 is 6.27. The lowest BCUT2D eigenvalue weighted by Gasteiger charge is -2.42. The van der Waals surface area contributed by atoms with Crippen molar-refractivity contribution in [1.82, 2.24) is 9.55 Å². The molecular weight excluding hydrogens is 556 g/mol. The second kappa shape index (κ2) is 10.00. The van der Waals surface area contributed by atoms with Gasteiger partial charge in [0.05, 0.1) is 27.3 Å². The van der Waals surface area contributed by atoms with Gasteiger partial charge in [0.1, 0.15) is 0 Å². The molecule has 39 heavy (non-hydrogen) atoms. The Bertz CT molecular complexity index is 1680. The van der Waals surface area contributed by atoms with Crippen LogP contribution in [-0.4, -0.2) is 39.8 Å². The van der Waals surface area contributed by atoms with Crippen molar-refractivity contribution in [3.05, 3.63) is 91.7 Å². The van der Waals surface area contributed by atoms with Gasteiger partial charge in [0.15, 0.2) is 21.5 Å². The monoisotopic (exact) mass is 579 g/mol. The lowest BCUT2D eigenvalue weighted by molar-refractivity contribution is -0.0722. The Morgan fingerprint density at radius 3 is 2.41 bits per heavy atom. The fourth-order valence-electron chi connectivity index (χ4n) is 5.78. The van der Waals surface area contributed by atoms with Gasteiger partial charge in [-0.15, -0.1) is 0 Å². The Balaban J connectivity index is 1.38. The number of anilines is 1. The van der Waals surface area contributed by atoms with Gasteiger partial charge in [0, 0.05) is 29.6 Å². The Morgan fingerprint density at radius 2 is 1.77 bits per heavy atom. The summed E-state index contributed by atoms with van der Waals surface area (Å²) in [6, 6.07) is 7.77. The first-order valence-corrected chi connectivity index (χ1v) is 14.1. The highest BCUT2D eigenvalue weighted by molar-refractivity contribution is 7.92. The maximum Gasteiger partial charge on any atom is 0.328 e. The van der Waals surface area contributed by atoms with E-state index in [1.807, 2.05) is 0 Å². The van der Waals surface area contributed by atoms with Gasteiger partial charge in [-0.3, -0.25) is 19.1 Å². The molecule has 2 aliphatic rings. The van der Waals surface area contributed by atoms with Crippen LogP contribution in [0.4, 0.5) is 14.5 Å². The molecule has 0 radical (unpaired) electrons. The van der Waals surface area contributed by atoms with E-state index in [-0.39, 0.29) is 40.6 Å². The minimum atomic E-state index is -4.05. The lowest BCUT2D eigenvalue weighted by Crippen LogP contribution is -2.52. The van der Waals surface area contributed by atoms with Gasteiger partial charge < -0.3 is 10.4 Å². The minimum absolute atomic E-state index is 0.0111. The third kappa shape index (κ3) is 5.04. The number of hydrogen-bond acceptors (Lipinski definition) is 6. The Kier molecular flexibility index (Phi) is 6.98. The fourth-order valence-corrected chi connectivity index (χ4v) is 8.18. The number of rotatable bonds is 6. The van der Waals surface area contributed by atoms with Crippen molar-refractivity contribution in [3.8, 4) is 0 Å². The molecule has 1 aromatic heterocycles. The van der Waals surface area contributed by atoms with E-state index in [0.717, 1.165) is 18.2 Å². The predicted molar refractivity (Wildman–Crippen MR) is 138 cm³/mol. The maximum atomic E-state index is 13.7. The molecule has 2 aliphatic carbocycles. The summed E-state index contributed by atoms with van der Waals surface area (Å²) in [6.07, 6.45) is 2.67. The number of carbonyl (C=O) groups is 1. The SMILES string of the molecule is O=C(Nc1ccc(F)c(F)c1)c1ccc(Cl)c(S(=O)(=O)C2C[C@H]3CC[C@@H](C2)C3(O)Cn2ccc(=O)[nH]c2=O)c1. The molecule has 2 fully saturated rings. The quantitative estimate of drug-likeness (QED) is 0.410. The van der Waals surface area contributed by atoms with Crippen LogP contribution in [0.25, 0.3) is 0 Å². The number of amides is 1. The van der Waals surface area contributed by atoms with E-state index in [2.05, 4.69) is 10.3 Å². The van der Waals surface area contributed by atoms with Gasteiger partial charge in [-0.1, -0.05) is 11.6 Å². The highest BCUT2D eigenvalue weighted by atomic mass is 35.5. The molecule has 0 spiro atoms. The summed E-state index contributed by atoms with van der Waals surface area (Å²) in [6.45, 7) is -0.0783. The van der Waals surface area contributed by atoms with Crippen LogP contribution < -0.4 is 16.6 Å². The number of aromatic nitrogens is 2. The number of nitrogens with one attached hydrogen (secondary N) is 2. The summed E-state index contributed by atoms with van der Waals surface area (Å²) in [4.78, 5) is 38.2. The number of hydrogen-bond donors (Lipinski definition) is 3. The fraction of sp³-hybridized carbons (Fsp3) is 0.346. The molecule has 206 valence electrons. The third-order valence-electron chi connectivity index (χ3n) is 7.81. The molecule has 9 nitrogen and oxygen atoms in total. The molecule has 5 rings (SSSR count). The Morgan fingerprint density at radius 1 is 1.08 bits per heavy atom. The second-order valence-electron chi connectivity index (χ2n) is 10.1. The number of nitrogens with zero attached hydrogens (tertiary/aromatic N) is 1. The zero-order chi connectivity index (χ0) is 28.1. The topological polar surface area (TPSA) is 138 Å². The zero-order valence-corrected chi connectivity index (χ0v) is 21.9. The highest BCUT2D eigenvalue weighted by Crippen LogP contribution is 2.52. The first-order valence-electron chi connectivity index (χ1n) is 12.2. The molecule has 3 aromatic rings. The van der Waals surface area contributed by atoms with Gasteiger partial charge in [-0.05, 0) is 67.9 Å². The Labute approximate surface area is 226 Å². The van der Waals surface area contributed by atoms with E-state index in [9.17, 15) is 36.7 Å². The minimum Gasteiger partial charge on any atom is -0.387 e. The van der Waals surface area contributed by atoms with Gasteiger partial charge in [0.2, 0.25) is 0 Å². The number of halogens is 3. The van der Waals surface area contributed by atoms with Crippen molar-refractivity contribution in [1.29, 1.82) is 0 Å². The smallest absolute Gasteiger partial charge is 0.328 e. The standard InChI is InChI=1S/C26H24ClF2N3O6S/c27-19-5-1-14(24(34)30-17-4-6-20(28)21(29)12-17)9-22(19)39(37,38)18-10-15-2-3-16(11-18)26(15,36)13-32-8-7-23(33)31-25(32)35/h1,4-9,12,15-16,18,36H,2-3,10-11,13H2,(H,30,34)(H,31,33,35)/t15-,16+,18?,26?. The van der Waals surface area contributed by atoms with E-state index in [4.69, 9.17) is 11.6 Å². The average Bonchev–Trinajstić information content (AvgIpc) is 3.04. The molecule has 2 bridgehead atoms. The normalized spacial score (nSPS) is 24.5. The average molecular weight is 580 g/mol. The van der Waals surface area contributed by atoms with Gasteiger partial charge in [-0.2, -0.15) is 0 Å². The summed E-state index contributed by atoms with van der Waals surface area (Å²) in [5.41, 5.74) is -2.60. The molecule has 1 heterocycles. The molecule has 0 aliphatic heterocycles. The van der Waals surface area contributed by atoms with E-state index in [0.29, 0.717) is 12.8 Å². The zero-order valence-electron chi connectivity index (χ0n) is 20.4. The molecule has 1 amide bonds. The van der Waals surface area contributed by atoms with E-state index < -0.39 is 61.3 Å². The summed E-state index contributed by atoms with van der Waals surface area (Å²) < 4.78 is 55.4. The first kappa shape index (κ1) is 27.2. The number of fused-ring (bicyclic) bond motifs is 2. The Hall–Kier alpha value is -3.35. The maximum absolute atomic E-state index is 13.7. The van der Waals surface area contributed by atoms with Crippen molar-refractivity contribution >= 4 is 33.0 Å². The van der Waals surface area contributed by atoms with Crippen LogP contribution in [0.1, 0.15) is 36.0 Å². The molecule has 2 unspecified atom stereocenters. The van der Waals surface area contributed by atoms with Crippen LogP contribution in [-0.2, 0) is 16.4 Å². The molecule has 3 N–H and O–H groups in total. The molecule has 13 heteroatoms. The van der Waals surface area contributed by atoms with Crippen molar-refractivity contribution < 1.29 is 27.1 Å². The molecule has 2 saturated carbocycles. The van der Waals surface area contributed by atoms with Crippen LogP contribution in [0, 0.1) is 23.5 Å². The van der Waals surface area contributed by atoms with Crippen molar-refractivity contribution in [2.24, 2.45) is 11.8 Å². The second-order valence-corrected chi connectivity index (χ2v) is 12.7. The van der Waals surface area contributed by atoms with Crippen LogP contribution in [0.2, 0.25) is 5.02 Å². The third-order valence-corrected chi connectivity index (χ3v) is 10.5. The summed E-state index contributed by atoms with van der Waals surface area (Å²) in [7, 11) is -4.05. The number of benzene rings is 2. The molecular formula is C26H24ClF2N3O6S. The van der Waals surface area contributed by atoms with Crippen molar-refractivity contribution in [3.63, 3.8) is 0 Å². The van der Waals surface area contributed by atoms with E-state index >= 15 is 0 Å². The predicted octanol–water partition coefficient (Wildman–Crippen LogP) is 3.11. The summed E-state index contributed by atoms with van der Waals surface area (Å²) in [5.74, 6) is -3.81. The lowest BCUT2D eigenvalue weighted by atomic mass is 9.74. The number of sulfone groups is 1. The highest BCUT2D eigenvalue weighted by Gasteiger charge is 2.56. The largest absolute Gasteiger partial charge is 0.387 e. The summed E-state index contributed by atoms with van der Waals surface area (Å²) in [5, 5.41) is 13.0. The number of H-pyrrole nitrogens is 1. The van der Waals surface area contributed by atoms with E-state index in [1.165, 1.54) is 35.0 Å². The van der Waals surface area contributed by atoms with Crippen molar-refractivity contribution in [2.75, 3.05) is 5.32 Å². The molecule has 4 atom stereocenters. The van der Waals surface area contributed by atoms with Crippen LogP contribution >= 0.6 is 11.6 Å². The first-order chi connectivity index (χ1) is 18.4. The van der Waals surface area contributed by atoms with E-state index in [1.54, 1.807) is 0 Å². The molecule has 2 aromatic carbocycles.